The van der Waals surface area contributed by atoms with Gasteiger partial charge < -0.3 is 15.2 Å². The number of nitrogens with zero attached hydrogens (tertiary/aromatic N) is 4. The third-order valence-electron chi connectivity index (χ3n) is 3.75. The Morgan fingerprint density at radius 1 is 1.50 bits per heavy atom. The van der Waals surface area contributed by atoms with E-state index in [-0.39, 0.29) is 5.69 Å². The molecule has 20 heavy (non-hydrogen) atoms. The van der Waals surface area contributed by atoms with E-state index >= 15 is 0 Å². The molecule has 1 aliphatic heterocycles. The van der Waals surface area contributed by atoms with Crippen LogP contribution in [0.2, 0.25) is 0 Å². The molecule has 110 valence electrons. The van der Waals surface area contributed by atoms with Crippen LogP contribution in [0, 0.1) is 10.1 Å². The lowest BCUT2D eigenvalue weighted by atomic mass is 10.0. The monoisotopic (exact) mass is 280 g/mol. The quantitative estimate of drug-likeness (QED) is 0.478. The Morgan fingerprint density at radius 2 is 2.15 bits per heavy atom. The maximum atomic E-state index is 10.9. The molecule has 0 aromatic carbocycles. The molecule has 0 saturated carbocycles. The Bertz CT molecular complexity index is 487. The lowest BCUT2D eigenvalue weighted by Crippen LogP contribution is -2.42. The summed E-state index contributed by atoms with van der Waals surface area (Å²) >= 11 is 0. The highest BCUT2D eigenvalue weighted by Gasteiger charge is 2.23. The molecule has 0 atom stereocenters. The minimum atomic E-state index is -0.436. The number of aromatic nitrogens is 1. The highest BCUT2D eigenvalue weighted by Crippen LogP contribution is 2.26. The molecule has 1 saturated heterocycles. The highest BCUT2D eigenvalue weighted by atomic mass is 16.6. The van der Waals surface area contributed by atoms with Gasteiger partial charge in [0.05, 0.1) is 17.1 Å². The molecular weight excluding hydrogens is 260 g/mol. The number of hydrogen-bond donors (Lipinski definition) is 2. The van der Waals surface area contributed by atoms with Gasteiger partial charge in [0.1, 0.15) is 11.6 Å². The SMILES string of the molecule is CN1CCC(N(C)c2cc([N+](=O)[O-])cc(NN)n2)CC1. The Morgan fingerprint density at radius 3 is 2.70 bits per heavy atom. The minimum absolute atomic E-state index is 0.0114. The molecule has 0 spiro atoms. The van der Waals surface area contributed by atoms with Crippen molar-refractivity contribution in [1.82, 2.24) is 9.88 Å². The number of nitrogens with one attached hydrogen (secondary N) is 1. The average molecular weight is 280 g/mol. The Labute approximate surface area is 117 Å². The van der Waals surface area contributed by atoms with Crippen LogP contribution >= 0.6 is 0 Å². The molecule has 0 aliphatic carbocycles. The average Bonchev–Trinajstić information content (AvgIpc) is 2.46. The normalized spacial score (nSPS) is 16.9. The van der Waals surface area contributed by atoms with E-state index in [1.807, 2.05) is 11.9 Å². The molecule has 1 aromatic rings. The smallest absolute Gasteiger partial charge is 0.276 e. The molecule has 8 nitrogen and oxygen atoms in total. The van der Waals surface area contributed by atoms with Crippen LogP contribution in [0.25, 0.3) is 0 Å². The standard InChI is InChI=1S/C12H20N6O2/c1-16-5-3-9(4-6-16)17(2)12-8-10(18(19)20)7-11(14-12)15-13/h7-9H,3-6,13H2,1-2H3,(H,14,15). The first-order valence-corrected chi connectivity index (χ1v) is 6.55. The maximum Gasteiger partial charge on any atom is 0.276 e. The number of hydrazine groups is 1. The molecule has 0 bridgehead atoms. The maximum absolute atomic E-state index is 10.9. The summed E-state index contributed by atoms with van der Waals surface area (Å²) < 4.78 is 0. The van der Waals surface area contributed by atoms with Crippen molar-refractivity contribution in [2.45, 2.75) is 18.9 Å². The summed E-state index contributed by atoms with van der Waals surface area (Å²) in [7, 11) is 4.01. The lowest BCUT2D eigenvalue weighted by molar-refractivity contribution is -0.384. The Hall–Kier alpha value is -1.93. The van der Waals surface area contributed by atoms with Gasteiger partial charge in [0.25, 0.3) is 5.69 Å². The van der Waals surface area contributed by atoms with Crippen molar-refractivity contribution in [2.24, 2.45) is 5.84 Å². The largest absolute Gasteiger partial charge is 0.356 e. The lowest BCUT2D eigenvalue weighted by Gasteiger charge is -2.35. The number of piperidine rings is 1. The summed E-state index contributed by atoms with van der Waals surface area (Å²) in [6, 6.07) is 3.15. The summed E-state index contributed by atoms with van der Waals surface area (Å²) in [5, 5.41) is 10.9. The van der Waals surface area contributed by atoms with Crippen LogP contribution in [-0.2, 0) is 0 Å². The molecule has 2 heterocycles. The summed E-state index contributed by atoms with van der Waals surface area (Å²) in [6.07, 6.45) is 2.03. The van der Waals surface area contributed by atoms with Crippen LogP contribution in [0.3, 0.4) is 0 Å². The zero-order valence-electron chi connectivity index (χ0n) is 11.7. The van der Waals surface area contributed by atoms with Crippen LogP contribution in [0.5, 0.6) is 0 Å². The second kappa shape index (κ2) is 6.02. The van der Waals surface area contributed by atoms with E-state index in [9.17, 15) is 10.1 Å². The number of anilines is 2. The van der Waals surface area contributed by atoms with Gasteiger partial charge in [-0.2, -0.15) is 0 Å². The minimum Gasteiger partial charge on any atom is -0.356 e. The fourth-order valence-corrected chi connectivity index (χ4v) is 2.43. The van der Waals surface area contributed by atoms with E-state index in [0.717, 1.165) is 25.9 Å². The number of nitro groups is 1. The van der Waals surface area contributed by atoms with Crippen molar-refractivity contribution in [1.29, 1.82) is 0 Å². The molecule has 1 aliphatic rings. The number of likely N-dealkylation sites (tertiary alicyclic amines) is 1. The van der Waals surface area contributed by atoms with Gasteiger partial charge in [-0.1, -0.05) is 0 Å². The van der Waals surface area contributed by atoms with Crippen LogP contribution in [-0.4, -0.2) is 48.0 Å². The molecule has 3 N–H and O–H groups in total. The summed E-state index contributed by atoms with van der Waals surface area (Å²) in [6.45, 7) is 2.04. The van der Waals surface area contributed by atoms with Crippen LogP contribution in [0.15, 0.2) is 12.1 Å². The predicted octanol–water partition coefficient (Wildman–Crippen LogP) is 0.806. The number of hydrogen-bond acceptors (Lipinski definition) is 7. The van der Waals surface area contributed by atoms with E-state index in [1.54, 1.807) is 0 Å². The van der Waals surface area contributed by atoms with Crippen molar-refractivity contribution in [2.75, 3.05) is 37.5 Å². The summed E-state index contributed by atoms with van der Waals surface area (Å²) in [5.41, 5.74) is 2.37. The van der Waals surface area contributed by atoms with Gasteiger partial charge in [-0.15, -0.1) is 0 Å². The van der Waals surface area contributed by atoms with Crippen molar-refractivity contribution >= 4 is 17.3 Å². The molecule has 1 fully saturated rings. The molecule has 0 amide bonds. The van der Waals surface area contributed by atoms with Crippen molar-refractivity contribution in [3.05, 3.63) is 22.2 Å². The topological polar surface area (TPSA) is 101 Å². The van der Waals surface area contributed by atoms with Gasteiger partial charge in [-0.05, 0) is 33.0 Å². The van der Waals surface area contributed by atoms with Crippen molar-refractivity contribution in [3.63, 3.8) is 0 Å². The van der Waals surface area contributed by atoms with Crippen LogP contribution < -0.4 is 16.2 Å². The first kappa shape index (κ1) is 14.5. The van der Waals surface area contributed by atoms with Gasteiger partial charge in [0, 0.05) is 13.1 Å². The fraction of sp³-hybridized carbons (Fsp3) is 0.583. The highest BCUT2D eigenvalue weighted by molar-refractivity contribution is 5.55. The number of nitrogens with two attached hydrogens (primary N) is 1. The van der Waals surface area contributed by atoms with Crippen molar-refractivity contribution < 1.29 is 4.92 Å². The number of nitrogen functional groups attached to an aromatic ring is 1. The predicted molar refractivity (Wildman–Crippen MR) is 77.6 cm³/mol. The Balaban J connectivity index is 2.22. The fourth-order valence-electron chi connectivity index (χ4n) is 2.43. The van der Waals surface area contributed by atoms with E-state index in [2.05, 4.69) is 22.4 Å². The zero-order valence-corrected chi connectivity index (χ0v) is 11.7. The summed E-state index contributed by atoms with van der Waals surface area (Å²) in [5.74, 6) is 6.20. The van der Waals surface area contributed by atoms with Gasteiger partial charge in [-0.3, -0.25) is 10.1 Å². The third kappa shape index (κ3) is 3.14. The van der Waals surface area contributed by atoms with E-state index in [4.69, 9.17) is 5.84 Å². The second-order valence-corrected chi connectivity index (χ2v) is 5.12. The first-order valence-electron chi connectivity index (χ1n) is 6.55. The van der Waals surface area contributed by atoms with E-state index in [1.165, 1.54) is 12.1 Å². The van der Waals surface area contributed by atoms with Crippen LogP contribution in [0.1, 0.15) is 12.8 Å². The molecule has 1 aromatic heterocycles. The first-order chi connectivity index (χ1) is 9.51. The number of pyridine rings is 1. The zero-order chi connectivity index (χ0) is 14.7. The number of rotatable bonds is 4. The molecule has 8 heteroatoms. The van der Waals surface area contributed by atoms with E-state index < -0.39 is 4.92 Å². The molecule has 0 unspecified atom stereocenters. The Kier molecular flexibility index (Phi) is 4.35. The second-order valence-electron chi connectivity index (χ2n) is 5.12. The van der Waals surface area contributed by atoms with Gasteiger partial charge in [0.15, 0.2) is 0 Å². The van der Waals surface area contributed by atoms with Crippen LogP contribution in [0.4, 0.5) is 17.3 Å². The van der Waals surface area contributed by atoms with Crippen molar-refractivity contribution in [3.8, 4) is 0 Å². The summed E-state index contributed by atoms with van der Waals surface area (Å²) in [4.78, 5) is 19.1. The molecule has 2 rings (SSSR count). The van der Waals surface area contributed by atoms with Gasteiger partial charge >= 0.3 is 0 Å². The molecular formula is C12H20N6O2. The van der Waals surface area contributed by atoms with Gasteiger partial charge in [-0.25, -0.2) is 10.8 Å². The van der Waals surface area contributed by atoms with Gasteiger partial charge in [0.2, 0.25) is 0 Å². The molecule has 0 radical (unpaired) electrons. The van der Waals surface area contributed by atoms with E-state index in [0.29, 0.717) is 17.7 Å². The third-order valence-corrected chi connectivity index (χ3v) is 3.75.